The first kappa shape index (κ1) is 12.4. The van der Waals surface area contributed by atoms with Gasteiger partial charge in [-0.2, -0.15) is 5.10 Å². The molecule has 0 saturated heterocycles. The first-order chi connectivity index (χ1) is 7.15. The van der Waals surface area contributed by atoms with Crippen LogP contribution in [0.1, 0.15) is 25.8 Å². The standard InChI is InChI=1S/C10H19N3OS/c1-3-10(11)8-15(14)7-9-5-12-13(4-2)6-9/h5-6,10H,3-4,7-8,11H2,1-2H3. The van der Waals surface area contributed by atoms with Gasteiger partial charge in [0.1, 0.15) is 0 Å². The summed E-state index contributed by atoms with van der Waals surface area (Å²) >= 11 is 0. The lowest BCUT2D eigenvalue weighted by Crippen LogP contribution is -2.26. The van der Waals surface area contributed by atoms with Crippen LogP contribution in [0.15, 0.2) is 12.4 Å². The molecule has 86 valence electrons. The predicted molar refractivity (Wildman–Crippen MR) is 62.9 cm³/mol. The first-order valence-electron chi connectivity index (χ1n) is 5.27. The lowest BCUT2D eigenvalue weighted by Gasteiger charge is -2.06. The molecule has 0 aliphatic rings. The number of hydrogen-bond acceptors (Lipinski definition) is 3. The summed E-state index contributed by atoms with van der Waals surface area (Å²) in [6, 6.07) is 0.0482. The Labute approximate surface area is 93.3 Å². The fourth-order valence-corrected chi connectivity index (χ4v) is 2.61. The minimum Gasteiger partial charge on any atom is -0.327 e. The van der Waals surface area contributed by atoms with Gasteiger partial charge in [0.15, 0.2) is 0 Å². The molecule has 0 fully saturated rings. The van der Waals surface area contributed by atoms with Gasteiger partial charge in [-0.05, 0) is 13.3 Å². The van der Waals surface area contributed by atoms with Crippen LogP contribution in [0.4, 0.5) is 0 Å². The summed E-state index contributed by atoms with van der Waals surface area (Å²) in [4.78, 5) is 0. The van der Waals surface area contributed by atoms with Crippen LogP contribution >= 0.6 is 0 Å². The van der Waals surface area contributed by atoms with E-state index in [1.54, 1.807) is 6.20 Å². The molecular weight excluding hydrogens is 210 g/mol. The molecule has 2 atom stereocenters. The first-order valence-corrected chi connectivity index (χ1v) is 6.76. The average molecular weight is 229 g/mol. The summed E-state index contributed by atoms with van der Waals surface area (Å²) < 4.78 is 13.5. The number of aromatic nitrogens is 2. The highest BCUT2D eigenvalue weighted by molar-refractivity contribution is 7.84. The van der Waals surface area contributed by atoms with Crippen LogP contribution in [0.5, 0.6) is 0 Å². The smallest absolute Gasteiger partial charge is 0.0531 e. The second kappa shape index (κ2) is 6.02. The summed E-state index contributed by atoms with van der Waals surface area (Å²) in [5.41, 5.74) is 6.77. The van der Waals surface area contributed by atoms with Gasteiger partial charge in [-0.25, -0.2) is 0 Å². The van der Waals surface area contributed by atoms with Crippen LogP contribution in [0.25, 0.3) is 0 Å². The second-order valence-electron chi connectivity index (χ2n) is 3.62. The van der Waals surface area contributed by atoms with E-state index in [0.29, 0.717) is 11.5 Å². The number of aryl methyl sites for hydroxylation is 1. The van der Waals surface area contributed by atoms with E-state index in [0.717, 1.165) is 18.5 Å². The van der Waals surface area contributed by atoms with Gasteiger partial charge >= 0.3 is 0 Å². The number of nitrogens with two attached hydrogens (primary N) is 1. The summed E-state index contributed by atoms with van der Waals surface area (Å²) in [6.07, 6.45) is 4.59. The van der Waals surface area contributed by atoms with E-state index in [2.05, 4.69) is 5.10 Å². The normalized spacial score (nSPS) is 15.1. The Morgan fingerprint density at radius 1 is 1.60 bits per heavy atom. The fraction of sp³-hybridized carbons (Fsp3) is 0.700. The van der Waals surface area contributed by atoms with Crippen molar-refractivity contribution in [2.45, 2.75) is 38.6 Å². The van der Waals surface area contributed by atoms with Gasteiger partial charge in [-0.3, -0.25) is 8.89 Å². The van der Waals surface area contributed by atoms with Crippen molar-refractivity contribution in [3.8, 4) is 0 Å². The molecule has 0 aromatic carbocycles. The largest absolute Gasteiger partial charge is 0.327 e. The van der Waals surface area contributed by atoms with Crippen LogP contribution < -0.4 is 5.73 Å². The molecule has 1 aromatic rings. The number of hydrogen-bond donors (Lipinski definition) is 1. The van der Waals surface area contributed by atoms with E-state index in [1.807, 2.05) is 24.7 Å². The van der Waals surface area contributed by atoms with E-state index in [-0.39, 0.29) is 6.04 Å². The quantitative estimate of drug-likeness (QED) is 0.788. The molecule has 15 heavy (non-hydrogen) atoms. The van der Waals surface area contributed by atoms with Crippen molar-refractivity contribution in [1.29, 1.82) is 0 Å². The van der Waals surface area contributed by atoms with E-state index in [9.17, 15) is 4.21 Å². The Balaban J connectivity index is 2.44. The molecule has 1 heterocycles. The predicted octanol–water partition coefficient (Wildman–Crippen LogP) is 0.889. The Bertz CT molecular complexity index is 324. The molecule has 4 nitrogen and oxygen atoms in total. The number of rotatable bonds is 6. The molecular formula is C10H19N3OS. The summed E-state index contributed by atoms with van der Waals surface area (Å²) in [5, 5.41) is 4.14. The van der Waals surface area contributed by atoms with E-state index < -0.39 is 10.8 Å². The van der Waals surface area contributed by atoms with Crippen LogP contribution in [0, 0.1) is 0 Å². The van der Waals surface area contributed by atoms with E-state index in [1.165, 1.54) is 0 Å². The minimum atomic E-state index is -0.868. The van der Waals surface area contributed by atoms with Crippen molar-refractivity contribution >= 4 is 10.8 Å². The lowest BCUT2D eigenvalue weighted by molar-refractivity contribution is 0.658. The van der Waals surface area contributed by atoms with Crippen molar-refractivity contribution in [2.75, 3.05) is 5.75 Å². The van der Waals surface area contributed by atoms with Crippen LogP contribution in [0.3, 0.4) is 0 Å². The van der Waals surface area contributed by atoms with Crippen LogP contribution in [-0.4, -0.2) is 25.8 Å². The third-order valence-electron chi connectivity index (χ3n) is 2.26. The molecule has 1 rings (SSSR count). The second-order valence-corrected chi connectivity index (χ2v) is 5.13. The Morgan fingerprint density at radius 3 is 2.87 bits per heavy atom. The summed E-state index contributed by atoms with van der Waals surface area (Å²) in [5.74, 6) is 1.14. The molecule has 0 saturated carbocycles. The van der Waals surface area contributed by atoms with Crippen molar-refractivity contribution in [1.82, 2.24) is 9.78 Å². The van der Waals surface area contributed by atoms with Gasteiger partial charge in [-0.1, -0.05) is 6.92 Å². The highest BCUT2D eigenvalue weighted by atomic mass is 32.2. The van der Waals surface area contributed by atoms with Gasteiger partial charge in [0.2, 0.25) is 0 Å². The SMILES string of the molecule is CCC(N)CS(=O)Cc1cnn(CC)c1. The maximum atomic E-state index is 11.7. The minimum absolute atomic E-state index is 0.0482. The molecule has 1 aromatic heterocycles. The zero-order valence-electron chi connectivity index (χ0n) is 9.35. The van der Waals surface area contributed by atoms with Crippen LogP contribution in [0.2, 0.25) is 0 Å². The highest BCUT2D eigenvalue weighted by Gasteiger charge is 2.08. The summed E-state index contributed by atoms with van der Waals surface area (Å²) in [7, 11) is -0.868. The molecule has 2 unspecified atom stereocenters. The molecule has 5 heteroatoms. The van der Waals surface area contributed by atoms with Crippen LogP contribution in [-0.2, 0) is 23.1 Å². The average Bonchev–Trinajstić information content (AvgIpc) is 2.65. The van der Waals surface area contributed by atoms with Gasteiger partial charge in [0.05, 0.1) is 11.9 Å². The molecule has 0 aliphatic carbocycles. The van der Waals surface area contributed by atoms with Gasteiger partial charge in [0, 0.05) is 40.9 Å². The maximum Gasteiger partial charge on any atom is 0.0531 e. The van der Waals surface area contributed by atoms with Crippen molar-refractivity contribution < 1.29 is 4.21 Å². The topological polar surface area (TPSA) is 60.9 Å². The van der Waals surface area contributed by atoms with Gasteiger partial charge in [-0.15, -0.1) is 0 Å². The van der Waals surface area contributed by atoms with E-state index >= 15 is 0 Å². The zero-order chi connectivity index (χ0) is 11.3. The Hall–Kier alpha value is -0.680. The number of nitrogens with zero attached hydrogens (tertiary/aromatic N) is 2. The van der Waals surface area contributed by atoms with Gasteiger partial charge < -0.3 is 5.73 Å². The fourth-order valence-electron chi connectivity index (χ4n) is 1.26. The Kier molecular flexibility index (Phi) is 4.98. The molecule has 0 aliphatic heterocycles. The summed E-state index contributed by atoms with van der Waals surface area (Å²) in [6.45, 7) is 4.89. The van der Waals surface area contributed by atoms with Crippen molar-refractivity contribution in [3.63, 3.8) is 0 Å². The van der Waals surface area contributed by atoms with Crippen molar-refractivity contribution in [2.24, 2.45) is 5.73 Å². The molecule has 2 N–H and O–H groups in total. The van der Waals surface area contributed by atoms with E-state index in [4.69, 9.17) is 5.73 Å². The third-order valence-corrected chi connectivity index (χ3v) is 3.72. The highest BCUT2D eigenvalue weighted by Crippen LogP contribution is 2.04. The third kappa shape index (κ3) is 4.13. The monoisotopic (exact) mass is 229 g/mol. The lowest BCUT2D eigenvalue weighted by atomic mass is 10.3. The molecule has 0 bridgehead atoms. The maximum absolute atomic E-state index is 11.7. The molecule has 0 spiro atoms. The zero-order valence-corrected chi connectivity index (χ0v) is 10.2. The Morgan fingerprint density at radius 2 is 2.33 bits per heavy atom. The molecule has 0 amide bonds. The molecule has 0 radical (unpaired) electrons. The van der Waals surface area contributed by atoms with Gasteiger partial charge in [0.25, 0.3) is 0 Å². The van der Waals surface area contributed by atoms with Crippen molar-refractivity contribution in [3.05, 3.63) is 18.0 Å².